The van der Waals surface area contributed by atoms with E-state index in [1.54, 1.807) is 0 Å². The minimum atomic E-state index is -0.567. The van der Waals surface area contributed by atoms with E-state index in [9.17, 15) is 0 Å². The first-order valence-corrected chi connectivity index (χ1v) is 24.1. The Labute approximate surface area is 403 Å². The van der Waals surface area contributed by atoms with Crippen LogP contribution in [0.3, 0.4) is 0 Å². The van der Waals surface area contributed by atoms with Crippen LogP contribution in [0, 0.1) is 0 Å². The highest BCUT2D eigenvalue weighted by molar-refractivity contribution is 6.03. The summed E-state index contributed by atoms with van der Waals surface area (Å²) in [6, 6.07) is 102. The van der Waals surface area contributed by atoms with Gasteiger partial charge in [-0.05, 0) is 119 Å². The van der Waals surface area contributed by atoms with Gasteiger partial charge in [-0.15, -0.1) is 0 Å². The molecule has 0 fully saturated rings. The maximum Gasteiger partial charge on any atom is 0.0726 e. The van der Waals surface area contributed by atoms with E-state index >= 15 is 0 Å². The summed E-state index contributed by atoms with van der Waals surface area (Å²) in [6.45, 7) is 0. The van der Waals surface area contributed by atoms with Gasteiger partial charge in [-0.3, -0.25) is 0 Å². The van der Waals surface area contributed by atoms with Gasteiger partial charge in [0.25, 0.3) is 0 Å². The maximum atomic E-state index is 2.59. The fraction of sp³-hybridized carbons (Fsp3) is 0.0294. The molecule has 322 valence electrons. The number of fused-ring (bicyclic) bond motifs is 13. The van der Waals surface area contributed by atoms with Crippen LogP contribution in [0.5, 0.6) is 0 Å². The summed E-state index contributed by atoms with van der Waals surface area (Å²) >= 11 is 0. The molecule has 0 aromatic heterocycles. The number of rotatable bonds is 7. The fourth-order valence-electron chi connectivity index (χ4n) is 12.7. The van der Waals surface area contributed by atoms with Gasteiger partial charge in [-0.25, -0.2) is 0 Å². The Kier molecular flexibility index (Phi) is 8.78. The molecule has 1 nitrogen and oxygen atoms in total. The van der Waals surface area contributed by atoms with E-state index in [4.69, 9.17) is 0 Å². The third-order valence-electron chi connectivity index (χ3n) is 15.4. The van der Waals surface area contributed by atoms with Crippen molar-refractivity contribution in [3.8, 4) is 55.6 Å². The standard InChI is InChI=1S/C68H45N/c1-5-22-46(23-6-1)48-40-43-64(57(44-48)47-24-7-2-8-25-47)69(51-41-42-55-54-32-13-17-34-58(54)67(63(55)45-51,49-26-9-3-10-27-49)50-28-11-4-12-29-50)65-39-21-38-62-66(65)56-33-16-20-37-61(56)68(62)59-35-18-14-30-52(59)53-31-15-19-36-60(53)68/h1-45H. The molecule has 0 radical (unpaired) electrons. The molecule has 1 heteroatoms. The molecular weight excluding hydrogens is 831 g/mol. The van der Waals surface area contributed by atoms with Crippen LogP contribution >= 0.6 is 0 Å². The van der Waals surface area contributed by atoms with Crippen molar-refractivity contribution in [3.05, 3.63) is 317 Å². The Bertz CT molecular complexity index is 3690. The minimum Gasteiger partial charge on any atom is -0.309 e. The molecule has 0 heterocycles. The molecule has 1 spiro atoms. The zero-order valence-electron chi connectivity index (χ0n) is 37.9. The number of anilines is 3. The lowest BCUT2D eigenvalue weighted by Gasteiger charge is -2.35. The Morgan fingerprint density at radius 1 is 0.232 bits per heavy atom. The van der Waals surface area contributed by atoms with Gasteiger partial charge in [0.05, 0.1) is 22.2 Å². The van der Waals surface area contributed by atoms with Crippen molar-refractivity contribution in [1.82, 2.24) is 0 Å². The lowest BCUT2D eigenvalue weighted by Crippen LogP contribution is -2.28. The van der Waals surface area contributed by atoms with Gasteiger partial charge >= 0.3 is 0 Å². The fourth-order valence-corrected chi connectivity index (χ4v) is 12.7. The van der Waals surface area contributed by atoms with Crippen molar-refractivity contribution in [2.45, 2.75) is 10.8 Å². The highest BCUT2D eigenvalue weighted by atomic mass is 15.1. The van der Waals surface area contributed by atoms with Crippen LogP contribution in [0.15, 0.2) is 273 Å². The van der Waals surface area contributed by atoms with E-state index < -0.39 is 10.8 Å². The van der Waals surface area contributed by atoms with Gasteiger partial charge in [0.2, 0.25) is 0 Å². The number of hydrogen-bond acceptors (Lipinski definition) is 1. The minimum absolute atomic E-state index is 0.491. The van der Waals surface area contributed by atoms with Gasteiger partial charge in [-0.2, -0.15) is 0 Å². The quantitative estimate of drug-likeness (QED) is 0.154. The smallest absolute Gasteiger partial charge is 0.0726 e. The summed E-state index contributed by atoms with van der Waals surface area (Å²) in [5, 5.41) is 0. The number of benzene rings is 11. The first kappa shape index (κ1) is 39.4. The predicted molar refractivity (Wildman–Crippen MR) is 286 cm³/mol. The van der Waals surface area contributed by atoms with Crippen LogP contribution in [-0.2, 0) is 10.8 Å². The molecule has 3 aliphatic carbocycles. The van der Waals surface area contributed by atoms with E-state index in [1.807, 2.05) is 0 Å². The average molecular weight is 876 g/mol. The second-order valence-electron chi connectivity index (χ2n) is 18.6. The molecule has 0 unspecified atom stereocenters. The summed E-state index contributed by atoms with van der Waals surface area (Å²) < 4.78 is 0. The van der Waals surface area contributed by atoms with E-state index in [0.717, 1.165) is 28.2 Å². The highest BCUT2D eigenvalue weighted by Crippen LogP contribution is 2.65. The Morgan fingerprint density at radius 3 is 1.26 bits per heavy atom. The second kappa shape index (κ2) is 15.4. The van der Waals surface area contributed by atoms with E-state index in [2.05, 4.69) is 278 Å². The van der Waals surface area contributed by atoms with Crippen LogP contribution in [0.25, 0.3) is 55.6 Å². The monoisotopic (exact) mass is 875 g/mol. The van der Waals surface area contributed by atoms with Crippen LogP contribution in [-0.4, -0.2) is 0 Å². The zero-order chi connectivity index (χ0) is 45.5. The van der Waals surface area contributed by atoms with Crippen molar-refractivity contribution < 1.29 is 0 Å². The van der Waals surface area contributed by atoms with Crippen molar-refractivity contribution >= 4 is 17.1 Å². The van der Waals surface area contributed by atoms with Crippen LogP contribution in [0.2, 0.25) is 0 Å². The van der Waals surface area contributed by atoms with Crippen LogP contribution in [0.1, 0.15) is 44.5 Å². The summed E-state index contributed by atoms with van der Waals surface area (Å²) in [4.78, 5) is 2.59. The largest absolute Gasteiger partial charge is 0.309 e. The van der Waals surface area contributed by atoms with Gasteiger partial charge in [0.1, 0.15) is 0 Å². The van der Waals surface area contributed by atoms with Crippen molar-refractivity contribution in [2.75, 3.05) is 4.90 Å². The second-order valence-corrected chi connectivity index (χ2v) is 18.6. The Morgan fingerprint density at radius 2 is 0.681 bits per heavy atom. The summed E-state index contributed by atoms with van der Waals surface area (Å²) in [7, 11) is 0. The zero-order valence-corrected chi connectivity index (χ0v) is 37.9. The molecule has 14 rings (SSSR count). The molecule has 0 aliphatic heterocycles. The molecule has 11 aromatic carbocycles. The summed E-state index contributed by atoms with van der Waals surface area (Å²) in [6.07, 6.45) is 0. The van der Waals surface area contributed by atoms with Gasteiger partial charge in [-0.1, -0.05) is 243 Å². The molecule has 0 atom stereocenters. The molecule has 3 aliphatic rings. The molecule has 0 amide bonds. The van der Waals surface area contributed by atoms with E-state index in [-0.39, 0.29) is 0 Å². The van der Waals surface area contributed by atoms with Gasteiger partial charge < -0.3 is 4.90 Å². The SMILES string of the molecule is c1ccc(-c2ccc(N(c3ccc4c(c3)C(c3ccccc3)(c3ccccc3)c3ccccc3-4)c3cccc4c3-c3ccccc3C43c4ccccc4-c4ccccc43)c(-c3ccccc3)c2)cc1. The topological polar surface area (TPSA) is 3.24 Å². The molecule has 11 aromatic rings. The first-order valence-electron chi connectivity index (χ1n) is 24.1. The highest BCUT2D eigenvalue weighted by Gasteiger charge is 2.53. The molecular formula is C68H45N. The average Bonchev–Trinajstić information content (AvgIpc) is 4.02. The van der Waals surface area contributed by atoms with Gasteiger partial charge in [0.15, 0.2) is 0 Å². The van der Waals surface area contributed by atoms with Crippen LogP contribution < -0.4 is 4.90 Å². The van der Waals surface area contributed by atoms with Crippen molar-refractivity contribution in [2.24, 2.45) is 0 Å². The van der Waals surface area contributed by atoms with Crippen molar-refractivity contribution in [3.63, 3.8) is 0 Å². The summed E-state index contributed by atoms with van der Waals surface area (Å²) in [5.41, 5.74) is 25.0. The number of nitrogens with zero attached hydrogens (tertiary/aromatic N) is 1. The van der Waals surface area contributed by atoms with Crippen molar-refractivity contribution in [1.29, 1.82) is 0 Å². The van der Waals surface area contributed by atoms with E-state index in [1.165, 1.54) is 89.0 Å². The lowest BCUT2D eigenvalue weighted by atomic mass is 9.67. The Balaban J connectivity index is 1.10. The lowest BCUT2D eigenvalue weighted by molar-refractivity contribution is 0.768. The molecule has 0 bridgehead atoms. The Hall–Kier alpha value is -8.78. The molecule has 69 heavy (non-hydrogen) atoms. The molecule has 0 saturated carbocycles. The normalized spacial score (nSPS) is 13.7. The van der Waals surface area contributed by atoms with Gasteiger partial charge in [0, 0.05) is 16.8 Å². The van der Waals surface area contributed by atoms with Crippen LogP contribution in [0.4, 0.5) is 17.1 Å². The number of hydrogen-bond donors (Lipinski definition) is 0. The predicted octanol–water partition coefficient (Wildman–Crippen LogP) is 17.2. The van der Waals surface area contributed by atoms with E-state index in [0.29, 0.717) is 0 Å². The third kappa shape index (κ3) is 5.53. The maximum absolute atomic E-state index is 2.59. The summed E-state index contributed by atoms with van der Waals surface area (Å²) in [5.74, 6) is 0. The first-order chi connectivity index (χ1) is 34.3. The third-order valence-corrected chi connectivity index (χ3v) is 15.4. The molecule has 0 N–H and O–H groups in total. The molecule has 0 saturated heterocycles.